The third kappa shape index (κ3) is 5.16. The van der Waals surface area contributed by atoms with Crippen LogP contribution in [0.25, 0.3) is 0 Å². The first-order chi connectivity index (χ1) is 14.6. The zero-order chi connectivity index (χ0) is 21.0. The Morgan fingerprint density at radius 2 is 1.97 bits per heavy atom. The van der Waals surface area contributed by atoms with Crippen LogP contribution >= 0.6 is 0 Å². The summed E-state index contributed by atoms with van der Waals surface area (Å²) in [6.07, 6.45) is 11.3. The number of carbonyl (C=O) groups excluding carboxylic acids is 2. The Labute approximate surface area is 180 Å². The first kappa shape index (κ1) is 21.2. The molecule has 1 aromatic carbocycles. The van der Waals surface area contributed by atoms with Gasteiger partial charge in [0, 0.05) is 32.0 Å². The van der Waals surface area contributed by atoms with Crippen LogP contribution in [0.5, 0.6) is 5.75 Å². The second-order valence-electron chi connectivity index (χ2n) is 9.63. The number of ether oxygens (including phenoxy) is 1. The molecule has 1 aromatic rings. The molecule has 0 aromatic heterocycles. The summed E-state index contributed by atoms with van der Waals surface area (Å²) in [5, 5.41) is 3.12. The number of hydrogen-bond donors (Lipinski definition) is 1. The molecule has 1 aliphatic heterocycles. The lowest BCUT2D eigenvalue weighted by Crippen LogP contribution is -2.35. The molecule has 3 aliphatic rings. The van der Waals surface area contributed by atoms with Crippen molar-refractivity contribution in [2.24, 2.45) is 11.3 Å². The highest BCUT2D eigenvalue weighted by atomic mass is 16.5. The Balaban J connectivity index is 1.34. The number of amides is 2. The summed E-state index contributed by atoms with van der Waals surface area (Å²) in [6.45, 7) is 1.71. The molecule has 0 radical (unpaired) electrons. The molecule has 1 N–H and O–H groups in total. The van der Waals surface area contributed by atoms with Crippen molar-refractivity contribution in [3.05, 3.63) is 29.8 Å². The highest BCUT2D eigenvalue weighted by Crippen LogP contribution is 2.49. The fourth-order valence-electron chi connectivity index (χ4n) is 5.51. The number of aryl methyl sites for hydroxylation is 1. The normalized spacial score (nSPS) is 22.8. The van der Waals surface area contributed by atoms with E-state index in [2.05, 4.69) is 16.3 Å². The van der Waals surface area contributed by atoms with Gasteiger partial charge in [0.05, 0.1) is 7.11 Å². The highest BCUT2D eigenvalue weighted by Gasteiger charge is 2.47. The van der Waals surface area contributed by atoms with Crippen molar-refractivity contribution in [1.82, 2.24) is 10.2 Å². The largest absolute Gasteiger partial charge is 0.497 e. The fraction of sp³-hybridized carbons (Fsp3) is 0.680. The van der Waals surface area contributed by atoms with Crippen LogP contribution in [0.2, 0.25) is 0 Å². The maximum absolute atomic E-state index is 13.1. The van der Waals surface area contributed by atoms with Gasteiger partial charge in [-0.15, -0.1) is 0 Å². The SMILES string of the molecule is COc1cccc(CCC(=O)N2CC(CCC(=O)NC3CC3)C3(CCCCC3)C2)c1. The van der Waals surface area contributed by atoms with Crippen LogP contribution < -0.4 is 10.1 Å². The molecule has 1 saturated heterocycles. The molecule has 5 heteroatoms. The standard InChI is InChI=1S/C25H36N2O3/c1-30-22-7-5-6-19(16-22)8-13-24(29)27-17-20(9-12-23(28)26-21-10-11-21)25(18-27)14-3-2-4-15-25/h5-7,16,20-21H,2-4,8-15,17-18H2,1H3,(H,26,28). The van der Waals surface area contributed by atoms with E-state index in [9.17, 15) is 9.59 Å². The third-order valence-electron chi connectivity index (χ3n) is 7.44. The van der Waals surface area contributed by atoms with E-state index in [0.717, 1.165) is 50.1 Å². The summed E-state index contributed by atoms with van der Waals surface area (Å²) in [6, 6.07) is 8.42. The van der Waals surface area contributed by atoms with Gasteiger partial charge in [-0.1, -0.05) is 31.4 Å². The van der Waals surface area contributed by atoms with Crippen LogP contribution in [0.15, 0.2) is 24.3 Å². The van der Waals surface area contributed by atoms with Gasteiger partial charge >= 0.3 is 0 Å². The quantitative estimate of drug-likeness (QED) is 0.699. The zero-order valence-electron chi connectivity index (χ0n) is 18.3. The minimum atomic E-state index is 0.200. The van der Waals surface area contributed by atoms with Gasteiger partial charge in [-0.3, -0.25) is 9.59 Å². The number of nitrogens with zero attached hydrogens (tertiary/aromatic N) is 1. The zero-order valence-corrected chi connectivity index (χ0v) is 18.3. The molecule has 1 heterocycles. The topological polar surface area (TPSA) is 58.6 Å². The molecule has 4 rings (SSSR count). The summed E-state index contributed by atoms with van der Waals surface area (Å²) >= 11 is 0. The first-order valence-electron chi connectivity index (χ1n) is 11.8. The Hall–Kier alpha value is -2.04. The van der Waals surface area contributed by atoms with Crippen LogP contribution in [0.4, 0.5) is 0 Å². The molecule has 2 saturated carbocycles. The Morgan fingerprint density at radius 1 is 1.17 bits per heavy atom. The van der Waals surface area contributed by atoms with Gasteiger partial charge in [-0.05, 0) is 67.6 Å². The minimum Gasteiger partial charge on any atom is -0.497 e. The second-order valence-corrected chi connectivity index (χ2v) is 9.63. The first-order valence-corrected chi connectivity index (χ1v) is 11.8. The summed E-state index contributed by atoms with van der Waals surface area (Å²) in [7, 11) is 1.67. The predicted octanol–water partition coefficient (Wildman–Crippen LogP) is 4.10. The molecule has 1 unspecified atom stereocenters. The van der Waals surface area contributed by atoms with Gasteiger partial charge in [0.2, 0.25) is 11.8 Å². The molecular weight excluding hydrogens is 376 g/mol. The van der Waals surface area contributed by atoms with Gasteiger partial charge in [-0.2, -0.15) is 0 Å². The van der Waals surface area contributed by atoms with E-state index in [-0.39, 0.29) is 17.2 Å². The van der Waals surface area contributed by atoms with E-state index in [1.807, 2.05) is 18.2 Å². The second kappa shape index (κ2) is 9.40. The lowest BCUT2D eigenvalue weighted by molar-refractivity contribution is -0.130. The van der Waals surface area contributed by atoms with Crippen molar-refractivity contribution in [2.45, 2.75) is 76.7 Å². The molecule has 0 bridgehead atoms. The Kier molecular flexibility index (Phi) is 6.64. The van der Waals surface area contributed by atoms with Gasteiger partial charge < -0.3 is 15.0 Å². The van der Waals surface area contributed by atoms with E-state index < -0.39 is 0 Å². The fourth-order valence-corrected chi connectivity index (χ4v) is 5.51. The monoisotopic (exact) mass is 412 g/mol. The van der Waals surface area contributed by atoms with E-state index in [1.165, 1.54) is 32.1 Å². The Morgan fingerprint density at radius 3 is 2.70 bits per heavy atom. The predicted molar refractivity (Wildman–Crippen MR) is 117 cm³/mol. The minimum absolute atomic E-state index is 0.200. The number of likely N-dealkylation sites (tertiary alicyclic amines) is 1. The van der Waals surface area contributed by atoms with Gasteiger partial charge in [-0.25, -0.2) is 0 Å². The average Bonchev–Trinajstić information content (AvgIpc) is 3.52. The number of methoxy groups -OCH3 is 1. The van der Waals surface area contributed by atoms with Gasteiger partial charge in [0.15, 0.2) is 0 Å². The van der Waals surface area contributed by atoms with E-state index >= 15 is 0 Å². The van der Waals surface area contributed by atoms with E-state index in [4.69, 9.17) is 4.74 Å². The lowest BCUT2D eigenvalue weighted by atomic mass is 9.66. The molecule has 5 nitrogen and oxygen atoms in total. The summed E-state index contributed by atoms with van der Waals surface area (Å²) in [5.41, 5.74) is 1.38. The molecule has 3 fully saturated rings. The number of carbonyl (C=O) groups is 2. The molecule has 30 heavy (non-hydrogen) atoms. The van der Waals surface area contributed by atoms with Crippen LogP contribution in [0, 0.1) is 11.3 Å². The van der Waals surface area contributed by atoms with Crippen molar-refractivity contribution in [2.75, 3.05) is 20.2 Å². The average molecular weight is 413 g/mol. The Bertz CT molecular complexity index is 753. The number of nitrogens with one attached hydrogen (secondary N) is 1. The summed E-state index contributed by atoms with van der Waals surface area (Å²) in [4.78, 5) is 27.4. The molecule has 2 aliphatic carbocycles. The maximum Gasteiger partial charge on any atom is 0.222 e. The van der Waals surface area contributed by atoms with Gasteiger partial charge in [0.25, 0.3) is 0 Å². The summed E-state index contributed by atoms with van der Waals surface area (Å²) in [5.74, 6) is 1.76. The number of benzene rings is 1. The van der Waals surface area contributed by atoms with E-state index in [0.29, 0.717) is 24.8 Å². The highest BCUT2D eigenvalue weighted by molar-refractivity contribution is 5.77. The third-order valence-corrected chi connectivity index (χ3v) is 7.44. The maximum atomic E-state index is 13.1. The number of rotatable bonds is 8. The molecule has 1 atom stereocenters. The molecular formula is C25H36N2O3. The van der Waals surface area contributed by atoms with Crippen LogP contribution in [-0.4, -0.2) is 43.0 Å². The summed E-state index contributed by atoms with van der Waals surface area (Å²) < 4.78 is 5.30. The molecule has 1 spiro atoms. The molecule has 2 amide bonds. The lowest BCUT2D eigenvalue weighted by Gasteiger charge is -2.38. The van der Waals surface area contributed by atoms with Crippen LogP contribution in [-0.2, 0) is 16.0 Å². The van der Waals surface area contributed by atoms with Crippen molar-refractivity contribution in [1.29, 1.82) is 0 Å². The van der Waals surface area contributed by atoms with Crippen molar-refractivity contribution in [3.8, 4) is 5.75 Å². The van der Waals surface area contributed by atoms with Crippen molar-refractivity contribution in [3.63, 3.8) is 0 Å². The van der Waals surface area contributed by atoms with E-state index in [1.54, 1.807) is 7.11 Å². The van der Waals surface area contributed by atoms with Gasteiger partial charge in [0.1, 0.15) is 5.75 Å². The van der Waals surface area contributed by atoms with Crippen molar-refractivity contribution < 1.29 is 14.3 Å². The van der Waals surface area contributed by atoms with Crippen molar-refractivity contribution >= 4 is 11.8 Å². The number of hydrogen-bond acceptors (Lipinski definition) is 3. The smallest absolute Gasteiger partial charge is 0.222 e. The molecule has 164 valence electrons. The van der Waals surface area contributed by atoms with Crippen LogP contribution in [0.3, 0.4) is 0 Å². The van der Waals surface area contributed by atoms with Crippen LogP contribution in [0.1, 0.15) is 69.8 Å².